The van der Waals surface area contributed by atoms with Gasteiger partial charge in [-0.2, -0.15) is 18.3 Å². The SMILES string of the molecule is Fc1ccc(-n2ncc3cc(N/C(=C\c4ccccc4)C(F)(F)F)ccc32)cc1. The van der Waals surface area contributed by atoms with Crippen molar-refractivity contribution in [3.05, 3.63) is 96.1 Å². The van der Waals surface area contributed by atoms with Gasteiger partial charge in [-0.1, -0.05) is 30.3 Å². The molecule has 7 heteroatoms. The van der Waals surface area contributed by atoms with Gasteiger partial charge in [-0.15, -0.1) is 0 Å². The smallest absolute Gasteiger partial charge is 0.351 e. The summed E-state index contributed by atoms with van der Waals surface area (Å²) in [7, 11) is 0. The standard InChI is InChI=1S/C22H15F4N3/c23-17-6-9-19(10-7-17)29-20-11-8-18(13-16(20)14-27-29)28-21(22(24,25)26)12-15-4-2-1-3-5-15/h1-14,28H/b21-12-. The molecule has 0 bridgehead atoms. The van der Waals surface area contributed by atoms with E-state index in [1.54, 1.807) is 71.5 Å². The third-order valence-corrected chi connectivity index (χ3v) is 4.33. The minimum absolute atomic E-state index is 0.288. The van der Waals surface area contributed by atoms with E-state index >= 15 is 0 Å². The number of anilines is 1. The highest BCUT2D eigenvalue weighted by atomic mass is 19.4. The summed E-state index contributed by atoms with van der Waals surface area (Å²) in [5.41, 5.74) is 1.21. The number of aromatic nitrogens is 2. The number of fused-ring (bicyclic) bond motifs is 1. The minimum atomic E-state index is -4.54. The lowest BCUT2D eigenvalue weighted by atomic mass is 10.1. The highest BCUT2D eigenvalue weighted by molar-refractivity contribution is 5.84. The Hall–Kier alpha value is -3.61. The van der Waals surface area contributed by atoms with Gasteiger partial charge in [-0.3, -0.25) is 0 Å². The molecular weight excluding hydrogens is 382 g/mol. The van der Waals surface area contributed by atoms with Crippen molar-refractivity contribution in [3.8, 4) is 5.69 Å². The molecule has 4 rings (SSSR count). The molecule has 29 heavy (non-hydrogen) atoms. The zero-order valence-corrected chi connectivity index (χ0v) is 15.0. The summed E-state index contributed by atoms with van der Waals surface area (Å²) in [6.07, 6.45) is -1.92. The number of nitrogens with zero attached hydrogens (tertiary/aromatic N) is 2. The predicted molar refractivity (Wildman–Crippen MR) is 105 cm³/mol. The molecule has 0 unspecified atom stereocenters. The molecule has 4 aromatic rings. The molecule has 1 heterocycles. The van der Waals surface area contributed by atoms with Crippen LogP contribution in [0.5, 0.6) is 0 Å². The average Bonchev–Trinajstić information content (AvgIpc) is 3.11. The molecule has 0 atom stereocenters. The van der Waals surface area contributed by atoms with Crippen molar-refractivity contribution in [1.82, 2.24) is 9.78 Å². The summed E-state index contributed by atoms with van der Waals surface area (Å²) in [6, 6.07) is 18.9. The van der Waals surface area contributed by atoms with Crippen LogP contribution in [-0.4, -0.2) is 16.0 Å². The molecule has 0 fully saturated rings. The van der Waals surface area contributed by atoms with Crippen LogP contribution in [0.15, 0.2) is 84.7 Å². The lowest BCUT2D eigenvalue weighted by Gasteiger charge is -2.15. The number of alkyl halides is 3. The molecule has 0 aliphatic carbocycles. The van der Waals surface area contributed by atoms with Gasteiger partial charge in [0.2, 0.25) is 0 Å². The van der Waals surface area contributed by atoms with Crippen LogP contribution in [0, 0.1) is 5.82 Å². The van der Waals surface area contributed by atoms with Crippen molar-refractivity contribution >= 4 is 22.7 Å². The van der Waals surface area contributed by atoms with Gasteiger partial charge in [0.05, 0.1) is 17.4 Å². The number of benzene rings is 3. The van der Waals surface area contributed by atoms with Crippen LogP contribution in [0.2, 0.25) is 0 Å². The van der Waals surface area contributed by atoms with E-state index in [0.29, 0.717) is 22.2 Å². The molecule has 0 aliphatic rings. The van der Waals surface area contributed by atoms with Crippen molar-refractivity contribution in [2.24, 2.45) is 0 Å². The number of hydrogen-bond donors (Lipinski definition) is 1. The largest absolute Gasteiger partial charge is 0.431 e. The Kier molecular flexibility index (Phi) is 4.80. The van der Waals surface area contributed by atoms with E-state index in [2.05, 4.69) is 10.4 Å². The first-order valence-corrected chi connectivity index (χ1v) is 8.75. The lowest BCUT2D eigenvalue weighted by Crippen LogP contribution is -2.18. The van der Waals surface area contributed by atoms with Gasteiger partial charge in [0, 0.05) is 11.1 Å². The maximum atomic E-state index is 13.5. The minimum Gasteiger partial charge on any atom is -0.351 e. The highest BCUT2D eigenvalue weighted by Gasteiger charge is 2.34. The van der Waals surface area contributed by atoms with Crippen LogP contribution in [0.3, 0.4) is 0 Å². The van der Waals surface area contributed by atoms with Crippen molar-refractivity contribution < 1.29 is 17.6 Å². The van der Waals surface area contributed by atoms with Gasteiger partial charge in [0.25, 0.3) is 0 Å². The third kappa shape index (κ3) is 4.13. The molecule has 0 saturated heterocycles. The van der Waals surface area contributed by atoms with Gasteiger partial charge >= 0.3 is 6.18 Å². The van der Waals surface area contributed by atoms with Gasteiger partial charge in [0.15, 0.2) is 0 Å². The zero-order chi connectivity index (χ0) is 20.4. The summed E-state index contributed by atoms with van der Waals surface area (Å²) in [5, 5.41) is 7.38. The first-order valence-electron chi connectivity index (χ1n) is 8.75. The van der Waals surface area contributed by atoms with Crippen LogP contribution in [-0.2, 0) is 0 Å². The fourth-order valence-corrected chi connectivity index (χ4v) is 2.96. The summed E-state index contributed by atoms with van der Waals surface area (Å²) in [4.78, 5) is 0. The Labute approximate surface area is 163 Å². The van der Waals surface area contributed by atoms with Crippen LogP contribution in [0.25, 0.3) is 22.7 Å². The summed E-state index contributed by atoms with van der Waals surface area (Å²) in [6.45, 7) is 0. The Morgan fingerprint density at radius 2 is 1.66 bits per heavy atom. The van der Waals surface area contributed by atoms with Crippen molar-refractivity contribution in [2.75, 3.05) is 5.32 Å². The second-order valence-electron chi connectivity index (χ2n) is 6.40. The number of nitrogens with one attached hydrogen (secondary N) is 1. The Balaban J connectivity index is 1.67. The van der Waals surface area contributed by atoms with Crippen LogP contribution >= 0.6 is 0 Å². The molecule has 0 saturated carbocycles. The van der Waals surface area contributed by atoms with E-state index in [0.717, 1.165) is 6.08 Å². The first kappa shape index (κ1) is 18.7. The number of allylic oxidation sites excluding steroid dienone is 1. The van der Waals surface area contributed by atoms with Crippen molar-refractivity contribution in [1.29, 1.82) is 0 Å². The van der Waals surface area contributed by atoms with Crippen molar-refractivity contribution in [2.45, 2.75) is 6.18 Å². The Bertz CT molecular complexity index is 1160. The quantitative estimate of drug-likeness (QED) is 0.417. The van der Waals surface area contributed by atoms with Crippen LogP contribution in [0.1, 0.15) is 5.56 Å². The predicted octanol–water partition coefficient (Wildman–Crippen LogP) is 6.18. The third-order valence-electron chi connectivity index (χ3n) is 4.33. The molecule has 3 aromatic carbocycles. The molecule has 146 valence electrons. The number of halogens is 4. The van der Waals surface area contributed by atoms with Gasteiger partial charge in [-0.05, 0) is 54.1 Å². The summed E-state index contributed by atoms with van der Waals surface area (Å²) < 4.78 is 55.2. The maximum Gasteiger partial charge on any atom is 0.431 e. The summed E-state index contributed by atoms with van der Waals surface area (Å²) >= 11 is 0. The molecular formula is C22H15F4N3. The molecule has 0 aliphatic heterocycles. The second kappa shape index (κ2) is 7.43. The highest BCUT2D eigenvalue weighted by Crippen LogP contribution is 2.30. The van der Waals surface area contributed by atoms with Gasteiger partial charge in [-0.25, -0.2) is 9.07 Å². The van der Waals surface area contributed by atoms with E-state index in [-0.39, 0.29) is 11.5 Å². The second-order valence-corrected chi connectivity index (χ2v) is 6.40. The van der Waals surface area contributed by atoms with E-state index < -0.39 is 11.9 Å². The lowest BCUT2D eigenvalue weighted by molar-refractivity contribution is -0.0893. The molecule has 0 radical (unpaired) electrons. The van der Waals surface area contributed by atoms with Gasteiger partial charge in [0.1, 0.15) is 11.5 Å². The normalized spacial score (nSPS) is 12.3. The zero-order valence-electron chi connectivity index (χ0n) is 15.0. The van der Waals surface area contributed by atoms with Crippen LogP contribution in [0.4, 0.5) is 23.2 Å². The van der Waals surface area contributed by atoms with E-state index in [9.17, 15) is 17.6 Å². The fraction of sp³-hybridized carbons (Fsp3) is 0.0455. The Morgan fingerprint density at radius 1 is 0.931 bits per heavy atom. The van der Waals surface area contributed by atoms with Gasteiger partial charge < -0.3 is 5.32 Å². The van der Waals surface area contributed by atoms with E-state index in [1.165, 1.54) is 12.1 Å². The number of rotatable bonds is 4. The maximum absolute atomic E-state index is 13.5. The first-order chi connectivity index (χ1) is 13.9. The average molecular weight is 397 g/mol. The van der Waals surface area contributed by atoms with E-state index in [4.69, 9.17) is 0 Å². The Morgan fingerprint density at radius 3 is 2.34 bits per heavy atom. The molecule has 0 amide bonds. The number of hydrogen-bond acceptors (Lipinski definition) is 2. The fourth-order valence-electron chi connectivity index (χ4n) is 2.96. The monoisotopic (exact) mass is 397 g/mol. The van der Waals surface area contributed by atoms with E-state index in [1.807, 2.05) is 0 Å². The molecule has 1 N–H and O–H groups in total. The topological polar surface area (TPSA) is 29.9 Å². The molecule has 1 aromatic heterocycles. The van der Waals surface area contributed by atoms with Crippen molar-refractivity contribution in [3.63, 3.8) is 0 Å². The summed E-state index contributed by atoms with van der Waals surface area (Å²) in [5.74, 6) is -0.360. The molecule has 0 spiro atoms. The molecule has 3 nitrogen and oxygen atoms in total. The van der Waals surface area contributed by atoms with Crippen LogP contribution < -0.4 is 5.32 Å².